The van der Waals surface area contributed by atoms with Gasteiger partial charge < -0.3 is 15.8 Å². The molecule has 1 aromatic rings. The van der Waals surface area contributed by atoms with Crippen LogP contribution in [0.25, 0.3) is 0 Å². The summed E-state index contributed by atoms with van der Waals surface area (Å²) in [5.41, 5.74) is 8.54. The molecule has 1 aliphatic rings. The van der Waals surface area contributed by atoms with Crippen LogP contribution in [0.4, 0.5) is 0 Å². The minimum Gasteiger partial charge on any atom is -0.383 e. The highest BCUT2D eigenvalue weighted by Gasteiger charge is 2.35. The summed E-state index contributed by atoms with van der Waals surface area (Å²) >= 11 is 0. The van der Waals surface area contributed by atoms with Gasteiger partial charge in [0.2, 0.25) is 5.91 Å². The third-order valence-electron chi connectivity index (χ3n) is 4.81. The summed E-state index contributed by atoms with van der Waals surface area (Å²) in [6.07, 6.45) is 5.96. The first-order valence-electron chi connectivity index (χ1n) is 8.17. The van der Waals surface area contributed by atoms with Crippen LogP contribution in [0.3, 0.4) is 0 Å². The average molecular weight is 304 g/mol. The minimum absolute atomic E-state index is 0.0477. The Morgan fingerprint density at radius 2 is 2.00 bits per heavy atom. The van der Waals surface area contributed by atoms with Gasteiger partial charge in [-0.3, -0.25) is 4.79 Å². The molecule has 3 N–H and O–H groups in total. The van der Waals surface area contributed by atoms with E-state index >= 15 is 0 Å². The van der Waals surface area contributed by atoms with Crippen LogP contribution in [-0.4, -0.2) is 32.2 Å². The van der Waals surface area contributed by atoms with Crippen LogP contribution in [0.5, 0.6) is 0 Å². The Hall–Kier alpha value is -1.39. The molecular weight excluding hydrogens is 276 g/mol. The molecule has 0 spiro atoms. The zero-order valence-corrected chi connectivity index (χ0v) is 13.7. The van der Waals surface area contributed by atoms with Crippen molar-refractivity contribution < 1.29 is 9.53 Å². The lowest BCUT2D eigenvalue weighted by molar-refractivity contribution is -0.123. The minimum atomic E-state index is -0.595. The van der Waals surface area contributed by atoms with Crippen molar-refractivity contribution in [3.8, 4) is 0 Å². The highest BCUT2D eigenvalue weighted by molar-refractivity contribution is 5.81. The molecule has 1 unspecified atom stereocenters. The molecule has 22 heavy (non-hydrogen) atoms. The number of aryl methyl sites for hydroxylation is 1. The number of methoxy groups -OCH3 is 1. The van der Waals surface area contributed by atoms with Gasteiger partial charge in [0.25, 0.3) is 0 Å². The van der Waals surface area contributed by atoms with E-state index in [1.54, 1.807) is 7.11 Å². The third kappa shape index (κ3) is 3.87. The Morgan fingerprint density at radius 3 is 2.64 bits per heavy atom. The second-order valence-electron chi connectivity index (χ2n) is 6.44. The highest BCUT2D eigenvalue weighted by Crippen LogP contribution is 2.40. The summed E-state index contributed by atoms with van der Waals surface area (Å²) in [6, 6.07) is 7.94. The fraction of sp³-hybridized carbons (Fsp3) is 0.611. The standard InChI is InChI=1S/C18H28N2O2/c1-14-8-4-5-9-15(14)18(10-6-3-7-11-18)13-20-17(21)16(19)12-22-2/h4-5,8-9,16H,3,6-7,10-13,19H2,1-2H3,(H,20,21). The molecule has 122 valence electrons. The molecule has 0 aromatic heterocycles. The van der Waals surface area contributed by atoms with Crippen molar-refractivity contribution in [2.24, 2.45) is 5.73 Å². The number of hydrogen-bond acceptors (Lipinski definition) is 3. The molecule has 1 aromatic carbocycles. The normalized spacial score (nSPS) is 18.7. The van der Waals surface area contributed by atoms with Gasteiger partial charge in [0.1, 0.15) is 6.04 Å². The van der Waals surface area contributed by atoms with E-state index in [1.165, 1.54) is 30.4 Å². The van der Waals surface area contributed by atoms with Gasteiger partial charge in [-0.05, 0) is 30.9 Å². The zero-order chi connectivity index (χ0) is 16.0. The smallest absolute Gasteiger partial charge is 0.239 e. The number of hydrogen-bond donors (Lipinski definition) is 2. The predicted octanol–water partition coefficient (Wildman–Crippen LogP) is 2.29. The highest BCUT2D eigenvalue weighted by atomic mass is 16.5. The van der Waals surface area contributed by atoms with E-state index in [4.69, 9.17) is 10.5 Å². The first kappa shape index (κ1) is 17.0. The number of nitrogens with one attached hydrogen (secondary N) is 1. The van der Waals surface area contributed by atoms with Crippen molar-refractivity contribution >= 4 is 5.91 Å². The monoisotopic (exact) mass is 304 g/mol. The van der Waals surface area contributed by atoms with Gasteiger partial charge in [-0.2, -0.15) is 0 Å². The number of carbonyl (C=O) groups is 1. The molecule has 4 heteroatoms. The molecule has 4 nitrogen and oxygen atoms in total. The fourth-order valence-corrected chi connectivity index (χ4v) is 3.58. The Balaban J connectivity index is 2.13. The second kappa shape index (κ2) is 7.75. The quantitative estimate of drug-likeness (QED) is 0.847. The van der Waals surface area contributed by atoms with Crippen LogP contribution < -0.4 is 11.1 Å². The number of carbonyl (C=O) groups excluding carboxylic acids is 1. The topological polar surface area (TPSA) is 64.3 Å². The lowest BCUT2D eigenvalue weighted by Gasteiger charge is -2.39. The van der Waals surface area contributed by atoms with Crippen LogP contribution in [-0.2, 0) is 14.9 Å². The van der Waals surface area contributed by atoms with Crippen LogP contribution in [0.1, 0.15) is 43.2 Å². The lowest BCUT2D eigenvalue weighted by atomic mass is 9.68. The molecule has 1 atom stereocenters. The van der Waals surface area contributed by atoms with E-state index in [-0.39, 0.29) is 17.9 Å². The van der Waals surface area contributed by atoms with E-state index in [2.05, 4.69) is 36.5 Å². The van der Waals surface area contributed by atoms with Gasteiger partial charge in [0.05, 0.1) is 6.61 Å². The largest absolute Gasteiger partial charge is 0.383 e. The van der Waals surface area contributed by atoms with Gasteiger partial charge in [0.15, 0.2) is 0 Å². The summed E-state index contributed by atoms with van der Waals surface area (Å²) in [7, 11) is 1.56. The summed E-state index contributed by atoms with van der Waals surface area (Å²) in [4.78, 5) is 12.1. The Bertz CT molecular complexity index is 496. The average Bonchev–Trinajstić information content (AvgIpc) is 2.54. The van der Waals surface area contributed by atoms with Gasteiger partial charge in [0, 0.05) is 19.1 Å². The van der Waals surface area contributed by atoms with Crippen LogP contribution in [0.15, 0.2) is 24.3 Å². The Kier molecular flexibility index (Phi) is 5.98. The van der Waals surface area contributed by atoms with Crippen molar-refractivity contribution in [2.75, 3.05) is 20.3 Å². The Labute approximate surface area is 133 Å². The number of rotatable bonds is 6. The number of ether oxygens (including phenoxy) is 1. The molecule has 0 bridgehead atoms. The Morgan fingerprint density at radius 1 is 1.32 bits per heavy atom. The van der Waals surface area contributed by atoms with E-state index in [1.807, 2.05) is 0 Å². The molecule has 0 heterocycles. The van der Waals surface area contributed by atoms with Gasteiger partial charge in [-0.1, -0.05) is 43.5 Å². The molecule has 1 fully saturated rings. The molecular formula is C18H28N2O2. The van der Waals surface area contributed by atoms with E-state index in [0.717, 1.165) is 12.8 Å². The molecule has 0 saturated heterocycles. The number of amides is 1. The van der Waals surface area contributed by atoms with Crippen LogP contribution in [0, 0.1) is 6.92 Å². The van der Waals surface area contributed by atoms with E-state index in [0.29, 0.717) is 6.54 Å². The van der Waals surface area contributed by atoms with Gasteiger partial charge in [-0.15, -0.1) is 0 Å². The number of benzene rings is 1. The molecule has 0 aliphatic heterocycles. The summed E-state index contributed by atoms with van der Waals surface area (Å²) in [5, 5.41) is 3.06. The first-order valence-corrected chi connectivity index (χ1v) is 8.17. The van der Waals surface area contributed by atoms with Crippen molar-refractivity contribution in [3.05, 3.63) is 35.4 Å². The van der Waals surface area contributed by atoms with Crippen LogP contribution >= 0.6 is 0 Å². The predicted molar refractivity (Wildman–Crippen MR) is 88.8 cm³/mol. The van der Waals surface area contributed by atoms with Crippen molar-refractivity contribution in [1.82, 2.24) is 5.32 Å². The second-order valence-corrected chi connectivity index (χ2v) is 6.44. The fourth-order valence-electron chi connectivity index (χ4n) is 3.58. The van der Waals surface area contributed by atoms with Crippen molar-refractivity contribution in [3.63, 3.8) is 0 Å². The molecule has 1 aliphatic carbocycles. The van der Waals surface area contributed by atoms with Crippen molar-refractivity contribution in [2.45, 2.75) is 50.5 Å². The zero-order valence-electron chi connectivity index (χ0n) is 13.7. The molecule has 1 amide bonds. The maximum Gasteiger partial charge on any atom is 0.239 e. The lowest BCUT2D eigenvalue weighted by Crippen LogP contribution is -2.49. The summed E-state index contributed by atoms with van der Waals surface area (Å²) in [6.45, 7) is 3.07. The van der Waals surface area contributed by atoms with Gasteiger partial charge >= 0.3 is 0 Å². The third-order valence-corrected chi connectivity index (χ3v) is 4.81. The first-order chi connectivity index (χ1) is 10.6. The molecule has 2 rings (SSSR count). The molecule has 1 saturated carbocycles. The number of nitrogens with two attached hydrogens (primary N) is 1. The van der Waals surface area contributed by atoms with E-state index < -0.39 is 6.04 Å². The van der Waals surface area contributed by atoms with Crippen LogP contribution in [0.2, 0.25) is 0 Å². The summed E-state index contributed by atoms with van der Waals surface area (Å²) < 4.78 is 4.96. The molecule has 0 radical (unpaired) electrons. The maximum absolute atomic E-state index is 12.1. The summed E-state index contributed by atoms with van der Waals surface area (Å²) in [5.74, 6) is -0.125. The maximum atomic E-state index is 12.1. The SMILES string of the molecule is COCC(N)C(=O)NCC1(c2ccccc2C)CCCCC1. The van der Waals surface area contributed by atoms with Crippen molar-refractivity contribution in [1.29, 1.82) is 0 Å². The van der Waals surface area contributed by atoms with Gasteiger partial charge in [-0.25, -0.2) is 0 Å². The van der Waals surface area contributed by atoms with E-state index in [9.17, 15) is 4.79 Å².